The fourth-order valence-electron chi connectivity index (χ4n) is 2.28. The summed E-state index contributed by atoms with van der Waals surface area (Å²) in [5, 5.41) is 3.11. The highest BCUT2D eigenvalue weighted by Crippen LogP contribution is 2.29. The smallest absolute Gasteiger partial charge is 0.248 e. The van der Waals surface area contributed by atoms with Gasteiger partial charge in [-0.15, -0.1) is 0 Å². The zero-order valence-corrected chi connectivity index (χ0v) is 11.0. The van der Waals surface area contributed by atoms with E-state index in [0.29, 0.717) is 19.5 Å². The van der Waals surface area contributed by atoms with E-state index in [1.807, 2.05) is 6.92 Å². The molecule has 2 aliphatic heterocycles. The molecule has 0 aliphatic carbocycles. The molecule has 2 fully saturated rings. The molecule has 18 heavy (non-hydrogen) atoms. The minimum atomic E-state index is -0.586. The molecule has 0 aromatic rings. The highest BCUT2D eigenvalue weighted by atomic mass is 16.5. The summed E-state index contributed by atoms with van der Waals surface area (Å²) in [6.07, 6.45) is 0.632. The molecule has 2 saturated heterocycles. The summed E-state index contributed by atoms with van der Waals surface area (Å²) in [5.74, 6) is -0.401. The predicted molar refractivity (Wildman–Crippen MR) is 65.7 cm³/mol. The highest BCUT2D eigenvalue weighted by Gasteiger charge is 2.41. The third-order valence-corrected chi connectivity index (χ3v) is 3.96. The van der Waals surface area contributed by atoms with Crippen LogP contribution in [0.1, 0.15) is 20.3 Å². The molecule has 0 bridgehead atoms. The minimum Gasteiger partial charge on any atom is -0.369 e. The van der Waals surface area contributed by atoms with Crippen LogP contribution in [0.5, 0.6) is 0 Å². The molecule has 3 N–H and O–H groups in total. The van der Waals surface area contributed by atoms with Gasteiger partial charge in [0.1, 0.15) is 6.61 Å². The molecular weight excluding hydrogens is 234 g/mol. The number of amides is 2. The van der Waals surface area contributed by atoms with E-state index in [1.165, 1.54) is 0 Å². The topological polar surface area (TPSA) is 84.7 Å². The van der Waals surface area contributed by atoms with Crippen LogP contribution >= 0.6 is 0 Å². The van der Waals surface area contributed by atoms with Gasteiger partial charge in [-0.1, -0.05) is 0 Å². The number of ether oxygens (including phenoxy) is 1. The minimum absolute atomic E-state index is 0.0619. The van der Waals surface area contributed by atoms with E-state index in [9.17, 15) is 9.59 Å². The van der Waals surface area contributed by atoms with Gasteiger partial charge in [-0.3, -0.25) is 9.59 Å². The van der Waals surface area contributed by atoms with Gasteiger partial charge in [0.15, 0.2) is 0 Å². The number of nitrogens with two attached hydrogens (primary N) is 1. The first-order valence-electron chi connectivity index (χ1n) is 6.27. The largest absolute Gasteiger partial charge is 0.369 e. The number of hydrogen-bond acceptors (Lipinski definition) is 4. The number of carbonyl (C=O) groups is 2. The second-order valence-electron chi connectivity index (χ2n) is 5.83. The number of hydrogen-bond donors (Lipinski definition) is 2. The lowest BCUT2D eigenvalue weighted by Gasteiger charge is -2.39. The average Bonchev–Trinajstić information content (AvgIpc) is 2.68. The first-order valence-corrected chi connectivity index (χ1v) is 6.27. The van der Waals surface area contributed by atoms with Crippen LogP contribution < -0.4 is 11.1 Å². The molecule has 0 saturated carbocycles. The molecule has 0 aromatic heterocycles. The Hall–Kier alpha value is -1.14. The monoisotopic (exact) mass is 255 g/mol. The highest BCUT2D eigenvalue weighted by molar-refractivity contribution is 5.84. The number of nitrogens with one attached hydrogen (secondary N) is 1. The maximum absolute atomic E-state index is 12.0. The molecule has 0 radical (unpaired) electrons. The lowest BCUT2D eigenvalue weighted by molar-refractivity contribution is -0.145. The maximum Gasteiger partial charge on any atom is 0.248 e. The summed E-state index contributed by atoms with van der Waals surface area (Å²) in [4.78, 5) is 24.9. The Balaban J connectivity index is 1.82. The van der Waals surface area contributed by atoms with Crippen LogP contribution in [0.15, 0.2) is 0 Å². The van der Waals surface area contributed by atoms with Gasteiger partial charge in [-0.25, -0.2) is 0 Å². The van der Waals surface area contributed by atoms with Gasteiger partial charge < -0.3 is 20.7 Å². The van der Waals surface area contributed by atoms with Gasteiger partial charge in [-0.2, -0.15) is 0 Å². The van der Waals surface area contributed by atoms with Crippen LogP contribution in [-0.4, -0.2) is 55.1 Å². The van der Waals surface area contributed by atoms with Crippen LogP contribution in [0, 0.1) is 5.41 Å². The number of primary amides is 1. The summed E-state index contributed by atoms with van der Waals surface area (Å²) >= 11 is 0. The summed E-state index contributed by atoms with van der Waals surface area (Å²) in [7, 11) is 0. The Morgan fingerprint density at radius 2 is 2.06 bits per heavy atom. The van der Waals surface area contributed by atoms with Crippen LogP contribution in [-0.2, 0) is 14.3 Å². The van der Waals surface area contributed by atoms with Gasteiger partial charge in [0, 0.05) is 26.2 Å². The predicted octanol–water partition coefficient (Wildman–Crippen LogP) is -0.911. The standard InChI is InChI=1S/C12H21N3O3/c1-11(10(13)17)3-4-15(8-11)9(16)5-18-12(2)6-14-7-12/h14H,3-8H2,1-2H3,(H2,13,17). The number of nitrogens with zero attached hydrogens (tertiary/aromatic N) is 1. The van der Waals surface area contributed by atoms with E-state index in [2.05, 4.69) is 5.32 Å². The molecule has 0 aromatic carbocycles. The Morgan fingerprint density at radius 1 is 1.39 bits per heavy atom. The van der Waals surface area contributed by atoms with Crippen LogP contribution in [0.4, 0.5) is 0 Å². The Bertz CT molecular complexity index is 368. The lowest BCUT2D eigenvalue weighted by atomic mass is 9.89. The second-order valence-corrected chi connectivity index (χ2v) is 5.83. The average molecular weight is 255 g/mol. The van der Waals surface area contributed by atoms with Crippen LogP contribution in [0.25, 0.3) is 0 Å². The Labute approximate surface area is 107 Å². The summed E-state index contributed by atoms with van der Waals surface area (Å²) in [5.41, 5.74) is 4.55. The molecule has 1 atom stereocenters. The van der Waals surface area contributed by atoms with E-state index >= 15 is 0 Å². The molecule has 1 unspecified atom stereocenters. The third-order valence-electron chi connectivity index (χ3n) is 3.96. The molecule has 2 amide bonds. The van der Waals surface area contributed by atoms with Crippen molar-refractivity contribution in [2.24, 2.45) is 11.1 Å². The number of likely N-dealkylation sites (tertiary alicyclic amines) is 1. The van der Waals surface area contributed by atoms with Crippen molar-refractivity contribution in [2.75, 3.05) is 32.8 Å². The van der Waals surface area contributed by atoms with Gasteiger partial charge in [0.2, 0.25) is 11.8 Å². The van der Waals surface area contributed by atoms with Crippen molar-refractivity contribution in [3.63, 3.8) is 0 Å². The van der Waals surface area contributed by atoms with Crippen molar-refractivity contribution in [2.45, 2.75) is 25.9 Å². The maximum atomic E-state index is 12.0. The van der Waals surface area contributed by atoms with Gasteiger partial charge in [0.05, 0.1) is 11.0 Å². The van der Waals surface area contributed by atoms with E-state index in [1.54, 1.807) is 11.8 Å². The fourth-order valence-corrected chi connectivity index (χ4v) is 2.28. The summed E-state index contributed by atoms with van der Waals surface area (Å²) in [6.45, 7) is 6.40. The van der Waals surface area contributed by atoms with E-state index < -0.39 is 5.41 Å². The van der Waals surface area contributed by atoms with Gasteiger partial charge in [-0.05, 0) is 20.3 Å². The molecule has 2 aliphatic rings. The van der Waals surface area contributed by atoms with Crippen LogP contribution in [0.3, 0.4) is 0 Å². The van der Waals surface area contributed by atoms with E-state index in [4.69, 9.17) is 10.5 Å². The number of carbonyl (C=O) groups excluding carboxylic acids is 2. The van der Waals surface area contributed by atoms with Gasteiger partial charge in [0.25, 0.3) is 0 Å². The van der Waals surface area contributed by atoms with Crippen LogP contribution in [0.2, 0.25) is 0 Å². The third kappa shape index (κ3) is 2.49. The van der Waals surface area contributed by atoms with Crippen molar-refractivity contribution >= 4 is 11.8 Å². The lowest BCUT2D eigenvalue weighted by Crippen LogP contribution is -2.59. The molecule has 6 nitrogen and oxygen atoms in total. The molecule has 2 heterocycles. The summed E-state index contributed by atoms with van der Waals surface area (Å²) < 4.78 is 5.60. The molecule has 102 valence electrons. The number of rotatable bonds is 4. The quantitative estimate of drug-likeness (QED) is 0.681. The zero-order chi connectivity index (χ0) is 13.4. The first kappa shape index (κ1) is 13.3. The van der Waals surface area contributed by atoms with Crippen molar-refractivity contribution in [3.8, 4) is 0 Å². The van der Waals surface area contributed by atoms with E-state index in [-0.39, 0.29) is 24.0 Å². The fraction of sp³-hybridized carbons (Fsp3) is 0.833. The van der Waals surface area contributed by atoms with Crippen molar-refractivity contribution in [1.29, 1.82) is 0 Å². The Morgan fingerprint density at radius 3 is 2.50 bits per heavy atom. The molecular formula is C12H21N3O3. The first-order chi connectivity index (χ1) is 8.35. The Kier molecular flexibility index (Phi) is 3.33. The van der Waals surface area contributed by atoms with E-state index in [0.717, 1.165) is 13.1 Å². The summed E-state index contributed by atoms with van der Waals surface area (Å²) in [6, 6.07) is 0. The van der Waals surface area contributed by atoms with Gasteiger partial charge >= 0.3 is 0 Å². The second kappa shape index (κ2) is 4.51. The molecule has 2 rings (SSSR count). The SMILES string of the molecule is CC1(OCC(=O)N2CCC(C)(C(N)=O)C2)CNC1. The van der Waals surface area contributed by atoms with Crippen molar-refractivity contribution < 1.29 is 14.3 Å². The van der Waals surface area contributed by atoms with Crippen molar-refractivity contribution in [1.82, 2.24) is 10.2 Å². The molecule has 0 spiro atoms. The van der Waals surface area contributed by atoms with Crippen molar-refractivity contribution in [3.05, 3.63) is 0 Å². The zero-order valence-electron chi connectivity index (χ0n) is 11.0. The normalized spacial score (nSPS) is 30.0. The molecule has 6 heteroatoms.